The summed E-state index contributed by atoms with van der Waals surface area (Å²) >= 11 is 5.89. The van der Waals surface area contributed by atoms with Crippen LogP contribution in [0, 0.1) is 5.92 Å². The van der Waals surface area contributed by atoms with Gasteiger partial charge in [0.1, 0.15) is 6.33 Å². The van der Waals surface area contributed by atoms with Gasteiger partial charge in [0.05, 0.1) is 11.6 Å². The second-order valence-corrected chi connectivity index (χ2v) is 7.82. The van der Waals surface area contributed by atoms with E-state index in [0.29, 0.717) is 12.4 Å². The molecule has 1 atom stereocenters. The summed E-state index contributed by atoms with van der Waals surface area (Å²) in [5, 5.41) is 4.00. The lowest BCUT2D eigenvalue weighted by molar-refractivity contribution is -0.137. The van der Waals surface area contributed by atoms with Crippen LogP contribution in [0.2, 0.25) is 5.02 Å². The quantitative estimate of drug-likeness (QED) is 0.558. The van der Waals surface area contributed by atoms with E-state index in [1.165, 1.54) is 22.0 Å². The van der Waals surface area contributed by atoms with E-state index in [1.54, 1.807) is 25.4 Å². The summed E-state index contributed by atoms with van der Waals surface area (Å²) in [7, 11) is 0. The minimum absolute atomic E-state index is 0.130. The van der Waals surface area contributed by atoms with Crippen LogP contribution in [0.4, 0.5) is 13.2 Å². The van der Waals surface area contributed by atoms with Gasteiger partial charge in [-0.25, -0.2) is 15.0 Å². The van der Waals surface area contributed by atoms with Crippen molar-refractivity contribution in [1.82, 2.24) is 29.6 Å². The van der Waals surface area contributed by atoms with E-state index >= 15 is 0 Å². The highest BCUT2D eigenvalue weighted by atomic mass is 35.5. The Balaban J connectivity index is 1.70. The van der Waals surface area contributed by atoms with E-state index < -0.39 is 23.7 Å². The van der Waals surface area contributed by atoms with E-state index in [1.807, 2.05) is 0 Å². The molecule has 0 spiro atoms. The van der Waals surface area contributed by atoms with Crippen LogP contribution in [0.15, 0.2) is 43.0 Å². The predicted octanol–water partition coefficient (Wildman–Crippen LogP) is 4.34. The van der Waals surface area contributed by atoms with E-state index in [4.69, 9.17) is 11.6 Å². The van der Waals surface area contributed by atoms with Gasteiger partial charge < -0.3 is 4.90 Å². The maximum absolute atomic E-state index is 13.3. The lowest BCUT2D eigenvalue weighted by Gasteiger charge is -2.29. The number of nitrogens with zero attached hydrogens (tertiary/aromatic N) is 6. The van der Waals surface area contributed by atoms with Crippen LogP contribution in [0.3, 0.4) is 0 Å². The zero-order valence-corrected chi connectivity index (χ0v) is 17.2. The summed E-state index contributed by atoms with van der Waals surface area (Å²) < 4.78 is 41.1. The van der Waals surface area contributed by atoms with Crippen LogP contribution >= 0.6 is 11.6 Å². The summed E-state index contributed by atoms with van der Waals surface area (Å²) in [6.07, 6.45) is 1.72. The molecular formula is C20H18ClF3N6O. The normalized spacial score (nSPS) is 15.0. The summed E-state index contributed by atoms with van der Waals surface area (Å²) in [6.45, 7) is 2.13. The molecule has 0 N–H and O–H groups in total. The fraction of sp³-hybridized carbons (Fsp3) is 0.350. The van der Waals surface area contributed by atoms with Crippen LogP contribution in [-0.4, -0.2) is 42.1 Å². The van der Waals surface area contributed by atoms with Crippen molar-refractivity contribution in [3.63, 3.8) is 0 Å². The molecule has 162 valence electrons. The lowest BCUT2D eigenvalue weighted by atomic mass is 10.1. The zero-order valence-electron chi connectivity index (χ0n) is 16.4. The van der Waals surface area contributed by atoms with Gasteiger partial charge in [-0.2, -0.15) is 23.0 Å². The maximum atomic E-state index is 13.3. The van der Waals surface area contributed by atoms with Gasteiger partial charge in [-0.15, -0.1) is 0 Å². The van der Waals surface area contributed by atoms with Gasteiger partial charge in [-0.1, -0.05) is 11.6 Å². The maximum Gasteiger partial charge on any atom is 0.416 e. The van der Waals surface area contributed by atoms with Crippen LogP contribution in [0.1, 0.15) is 47.6 Å². The summed E-state index contributed by atoms with van der Waals surface area (Å²) in [5.74, 6) is 0.411. The van der Waals surface area contributed by atoms with Crippen LogP contribution in [-0.2, 0) is 6.18 Å². The van der Waals surface area contributed by atoms with Gasteiger partial charge in [0.2, 0.25) is 0 Å². The lowest BCUT2D eigenvalue weighted by Crippen LogP contribution is -2.37. The molecule has 0 saturated heterocycles. The molecule has 1 aliphatic carbocycles. The van der Waals surface area contributed by atoms with E-state index in [2.05, 4.69) is 20.1 Å². The topological polar surface area (TPSA) is 76.8 Å². The third-order valence-electron chi connectivity index (χ3n) is 5.04. The number of hydrogen-bond acceptors (Lipinski definition) is 5. The van der Waals surface area contributed by atoms with Crippen molar-refractivity contribution in [2.24, 2.45) is 5.92 Å². The second-order valence-electron chi connectivity index (χ2n) is 7.38. The zero-order chi connectivity index (χ0) is 22.2. The number of amides is 1. The Morgan fingerprint density at radius 3 is 2.58 bits per heavy atom. The number of alkyl halides is 3. The number of rotatable bonds is 6. The molecule has 2 aromatic heterocycles. The van der Waals surface area contributed by atoms with Crippen molar-refractivity contribution in [2.45, 2.75) is 32.0 Å². The Morgan fingerprint density at radius 1 is 1.23 bits per heavy atom. The second kappa shape index (κ2) is 8.26. The van der Waals surface area contributed by atoms with Crippen LogP contribution in [0.5, 0.6) is 0 Å². The number of hydrogen-bond donors (Lipinski definition) is 0. The first-order valence-electron chi connectivity index (χ1n) is 9.60. The van der Waals surface area contributed by atoms with Crippen LogP contribution < -0.4 is 0 Å². The SMILES string of the molecule is C[C@@H](c1ncnn1-c1ncccn1)N(CC1CC1)C(=O)c1cc(Cl)cc(C(F)(F)F)c1. The Hall–Kier alpha value is -3.01. The molecule has 0 unspecified atom stereocenters. The molecule has 1 aliphatic rings. The minimum Gasteiger partial charge on any atom is -0.328 e. The average molecular weight is 451 g/mol. The van der Waals surface area contributed by atoms with Gasteiger partial charge in [-0.05, 0) is 49.9 Å². The van der Waals surface area contributed by atoms with Gasteiger partial charge >= 0.3 is 6.18 Å². The Bertz CT molecular complexity index is 1080. The molecule has 31 heavy (non-hydrogen) atoms. The standard InChI is InChI=1S/C20H18ClF3N6O/c1-12(17-27-11-28-30(17)19-25-5-2-6-26-19)29(10-13-3-4-13)18(31)14-7-15(20(22,23)24)9-16(21)8-14/h2,5-9,11-13H,3-4,10H2,1H3/t12-/m0/s1. The molecular weight excluding hydrogens is 433 g/mol. The van der Waals surface area contributed by atoms with E-state index in [9.17, 15) is 18.0 Å². The monoisotopic (exact) mass is 450 g/mol. The van der Waals surface area contributed by atoms with Gasteiger partial charge in [-0.3, -0.25) is 4.79 Å². The first-order valence-corrected chi connectivity index (χ1v) is 9.98. The Kier molecular flexibility index (Phi) is 5.65. The number of aromatic nitrogens is 5. The van der Waals surface area contributed by atoms with Crippen molar-refractivity contribution in [3.05, 3.63) is 65.0 Å². The predicted molar refractivity (Wildman–Crippen MR) is 106 cm³/mol. The number of carbonyl (C=O) groups is 1. The van der Waals surface area contributed by atoms with Gasteiger partial charge in [0, 0.05) is 29.5 Å². The Morgan fingerprint density at radius 2 is 1.94 bits per heavy atom. The Labute approximate surface area is 180 Å². The van der Waals surface area contributed by atoms with Gasteiger partial charge in [0.25, 0.3) is 11.9 Å². The molecule has 3 aromatic rings. The van der Waals surface area contributed by atoms with Crippen molar-refractivity contribution < 1.29 is 18.0 Å². The van der Waals surface area contributed by atoms with Crippen molar-refractivity contribution in [1.29, 1.82) is 0 Å². The fourth-order valence-electron chi connectivity index (χ4n) is 3.27. The van der Waals surface area contributed by atoms with Crippen LogP contribution in [0.25, 0.3) is 5.95 Å². The van der Waals surface area contributed by atoms with E-state index in [0.717, 1.165) is 25.0 Å². The molecule has 0 radical (unpaired) electrons. The summed E-state index contributed by atoms with van der Waals surface area (Å²) in [6, 6.07) is 3.94. The molecule has 1 amide bonds. The number of halogens is 4. The molecule has 0 aliphatic heterocycles. The fourth-order valence-corrected chi connectivity index (χ4v) is 3.50. The van der Waals surface area contributed by atoms with E-state index in [-0.39, 0.29) is 22.5 Å². The first kappa shape index (κ1) is 21.2. The van der Waals surface area contributed by atoms with Crippen molar-refractivity contribution in [2.75, 3.05) is 6.54 Å². The summed E-state index contributed by atoms with van der Waals surface area (Å²) in [5.41, 5.74) is -1.10. The number of carbonyl (C=O) groups excluding carboxylic acids is 1. The van der Waals surface area contributed by atoms with Gasteiger partial charge in [0.15, 0.2) is 5.82 Å². The van der Waals surface area contributed by atoms with Crippen molar-refractivity contribution in [3.8, 4) is 5.95 Å². The third kappa shape index (κ3) is 4.68. The minimum atomic E-state index is -4.61. The smallest absolute Gasteiger partial charge is 0.328 e. The highest BCUT2D eigenvalue weighted by Crippen LogP contribution is 2.35. The first-order chi connectivity index (χ1) is 14.7. The molecule has 0 bridgehead atoms. The molecule has 1 fully saturated rings. The largest absolute Gasteiger partial charge is 0.416 e. The average Bonchev–Trinajstić information content (AvgIpc) is 3.43. The summed E-state index contributed by atoms with van der Waals surface area (Å²) in [4.78, 5) is 27.4. The molecule has 7 nitrogen and oxygen atoms in total. The third-order valence-corrected chi connectivity index (χ3v) is 5.26. The molecule has 1 saturated carbocycles. The highest BCUT2D eigenvalue weighted by molar-refractivity contribution is 6.31. The number of benzene rings is 1. The molecule has 1 aromatic carbocycles. The van der Waals surface area contributed by atoms with Crippen molar-refractivity contribution >= 4 is 17.5 Å². The molecule has 2 heterocycles. The molecule has 4 rings (SSSR count). The molecule has 11 heteroatoms. The highest BCUT2D eigenvalue weighted by Gasteiger charge is 2.35.